The van der Waals surface area contributed by atoms with Crippen LogP contribution in [-0.2, 0) is 6.42 Å². The summed E-state index contributed by atoms with van der Waals surface area (Å²) in [7, 11) is 0. The van der Waals surface area contributed by atoms with E-state index in [2.05, 4.69) is 65.9 Å². The van der Waals surface area contributed by atoms with Gasteiger partial charge in [0.15, 0.2) is 5.84 Å². The van der Waals surface area contributed by atoms with Gasteiger partial charge in [0.1, 0.15) is 5.69 Å². The quantitative estimate of drug-likeness (QED) is 0.340. The summed E-state index contributed by atoms with van der Waals surface area (Å²) in [6.45, 7) is 14.8. The minimum atomic E-state index is 0.420. The minimum Gasteiger partial charge on any atom is -0.399 e. The second kappa shape index (κ2) is 10.4. The smallest absolute Gasteiger partial charge is 0.158 e. The Morgan fingerprint density at radius 2 is 2.06 bits per heavy atom. The van der Waals surface area contributed by atoms with Crippen molar-refractivity contribution >= 4 is 22.9 Å². The first-order valence-corrected chi connectivity index (χ1v) is 11.2. The minimum absolute atomic E-state index is 0.420. The molecule has 1 aromatic carbocycles. The van der Waals surface area contributed by atoms with E-state index in [1.807, 2.05) is 18.2 Å². The molecule has 0 unspecified atom stereocenters. The molecule has 1 fully saturated rings. The van der Waals surface area contributed by atoms with Gasteiger partial charge in [-0.05, 0) is 75.4 Å². The topological polar surface area (TPSA) is 78.6 Å². The molecule has 0 amide bonds. The van der Waals surface area contributed by atoms with Crippen LogP contribution in [0, 0.1) is 6.92 Å². The lowest BCUT2D eigenvalue weighted by atomic mass is 10.0. The number of hydrogen-bond donors (Lipinski definition) is 3. The molecule has 0 atom stereocenters. The molecule has 1 aliphatic rings. The Labute approximate surface area is 186 Å². The molecule has 166 valence electrons. The Balaban J connectivity index is 1.85. The summed E-state index contributed by atoms with van der Waals surface area (Å²) in [5, 5.41) is 7.18. The number of pyridine rings is 1. The van der Waals surface area contributed by atoms with Crippen molar-refractivity contribution in [1.29, 1.82) is 0 Å². The van der Waals surface area contributed by atoms with Gasteiger partial charge < -0.3 is 21.3 Å². The SMILES string of the molecule is C=CN=C(Nc1cc(N)cc(CC)c1C)c1ncccc1NC1CCN(C(C)C)CC1. The van der Waals surface area contributed by atoms with Crippen molar-refractivity contribution < 1.29 is 0 Å². The van der Waals surface area contributed by atoms with Gasteiger partial charge in [-0.2, -0.15) is 0 Å². The molecule has 0 saturated carbocycles. The molecule has 6 heteroatoms. The zero-order chi connectivity index (χ0) is 22.4. The van der Waals surface area contributed by atoms with Crippen LogP contribution < -0.4 is 16.4 Å². The highest BCUT2D eigenvalue weighted by Crippen LogP contribution is 2.26. The van der Waals surface area contributed by atoms with Crippen LogP contribution in [0.25, 0.3) is 0 Å². The van der Waals surface area contributed by atoms with Gasteiger partial charge in [0.2, 0.25) is 0 Å². The first-order valence-electron chi connectivity index (χ1n) is 11.2. The van der Waals surface area contributed by atoms with Crippen molar-refractivity contribution in [1.82, 2.24) is 9.88 Å². The molecule has 6 nitrogen and oxygen atoms in total. The summed E-state index contributed by atoms with van der Waals surface area (Å²) in [5.41, 5.74) is 12.0. The highest BCUT2D eigenvalue weighted by atomic mass is 15.2. The fourth-order valence-electron chi connectivity index (χ4n) is 4.16. The van der Waals surface area contributed by atoms with Crippen LogP contribution in [0.15, 0.2) is 48.2 Å². The second-order valence-electron chi connectivity index (χ2n) is 8.44. The molecule has 0 aliphatic carbocycles. The van der Waals surface area contributed by atoms with Crippen LogP contribution >= 0.6 is 0 Å². The lowest BCUT2D eigenvalue weighted by Crippen LogP contribution is -2.42. The number of benzene rings is 1. The van der Waals surface area contributed by atoms with E-state index >= 15 is 0 Å². The number of nitrogens with zero attached hydrogens (tertiary/aromatic N) is 3. The number of aryl methyl sites for hydroxylation is 1. The van der Waals surface area contributed by atoms with Crippen LogP contribution in [0.5, 0.6) is 0 Å². The van der Waals surface area contributed by atoms with Crippen molar-refractivity contribution in [2.45, 2.75) is 59.0 Å². The fourth-order valence-corrected chi connectivity index (χ4v) is 4.16. The first-order chi connectivity index (χ1) is 14.9. The second-order valence-corrected chi connectivity index (χ2v) is 8.44. The monoisotopic (exact) mass is 420 g/mol. The third-order valence-electron chi connectivity index (χ3n) is 6.04. The third-order valence-corrected chi connectivity index (χ3v) is 6.04. The number of aliphatic imine (C=N–C) groups is 1. The summed E-state index contributed by atoms with van der Waals surface area (Å²) in [5.74, 6) is 0.661. The average Bonchev–Trinajstić information content (AvgIpc) is 2.76. The Hall–Kier alpha value is -2.86. The summed E-state index contributed by atoms with van der Waals surface area (Å²) in [4.78, 5) is 11.7. The maximum atomic E-state index is 6.15. The standard InChI is InChI=1S/C25H36N6/c1-6-19-15-20(26)16-23(18(19)5)30-25(27-7-2)24-22(9-8-12-28-24)29-21-10-13-31(14-11-21)17(3)4/h7-9,12,15-17,21,29H,2,6,10-11,13-14,26H2,1,3-5H3,(H,27,30). The average molecular weight is 421 g/mol. The molecule has 0 radical (unpaired) electrons. The molecule has 31 heavy (non-hydrogen) atoms. The van der Waals surface area contributed by atoms with Gasteiger partial charge in [-0.3, -0.25) is 4.98 Å². The first kappa shape index (κ1) is 22.8. The van der Waals surface area contributed by atoms with E-state index in [0.717, 1.165) is 55.1 Å². The predicted molar refractivity (Wildman–Crippen MR) is 133 cm³/mol. The summed E-state index contributed by atoms with van der Waals surface area (Å²) in [6, 6.07) is 9.03. The van der Waals surface area contributed by atoms with Gasteiger partial charge >= 0.3 is 0 Å². The molecule has 2 heterocycles. The van der Waals surface area contributed by atoms with E-state index in [-0.39, 0.29) is 0 Å². The number of nitrogen functional groups attached to an aromatic ring is 1. The van der Waals surface area contributed by atoms with Crippen LogP contribution in [0.3, 0.4) is 0 Å². The van der Waals surface area contributed by atoms with Gasteiger partial charge in [-0.25, -0.2) is 4.99 Å². The third kappa shape index (κ3) is 5.64. The highest BCUT2D eigenvalue weighted by Gasteiger charge is 2.22. The number of piperidine rings is 1. The predicted octanol–water partition coefficient (Wildman–Crippen LogP) is 4.82. The van der Waals surface area contributed by atoms with Crippen molar-refractivity contribution in [3.05, 3.63) is 60.1 Å². The van der Waals surface area contributed by atoms with E-state index in [9.17, 15) is 0 Å². The molecular weight excluding hydrogens is 384 g/mol. The van der Waals surface area contributed by atoms with Gasteiger partial charge in [0.25, 0.3) is 0 Å². The number of anilines is 3. The Bertz CT molecular complexity index is 926. The molecule has 1 aliphatic heterocycles. The number of rotatable bonds is 7. The van der Waals surface area contributed by atoms with Gasteiger partial charge in [-0.1, -0.05) is 13.5 Å². The van der Waals surface area contributed by atoms with Crippen LogP contribution in [0.4, 0.5) is 17.1 Å². The Morgan fingerprint density at radius 1 is 1.32 bits per heavy atom. The van der Waals surface area contributed by atoms with E-state index in [1.54, 1.807) is 12.4 Å². The van der Waals surface area contributed by atoms with E-state index < -0.39 is 0 Å². The number of aromatic nitrogens is 1. The summed E-state index contributed by atoms with van der Waals surface area (Å²) >= 11 is 0. The molecular formula is C25H36N6. The summed E-state index contributed by atoms with van der Waals surface area (Å²) in [6.07, 6.45) is 6.49. The zero-order valence-electron chi connectivity index (χ0n) is 19.3. The number of hydrogen-bond acceptors (Lipinski definition) is 5. The van der Waals surface area contributed by atoms with Gasteiger partial charge in [-0.15, -0.1) is 0 Å². The largest absolute Gasteiger partial charge is 0.399 e. The van der Waals surface area contributed by atoms with Crippen LogP contribution in [-0.4, -0.2) is 40.9 Å². The van der Waals surface area contributed by atoms with E-state index in [0.29, 0.717) is 17.9 Å². The van der Waals surface area contributed by atoms with Crippen molar-refractivity contribution in [2.24, 2.45) is 4.99 Å². The lowest BCUT2D eigenvalue weighted by Gasteiger charge is -2.35. The zero-order valence-corrected chi connectivity index (χ0v) is 19.3. The Morgan fingerprint density at radius 3 is 2.71 bits per heavy atom. The molecule has 0 spiro atoms. The van der Waals surface area contributed by atoms with E-state index in [1.165, 1.54) is 11.1 Å². The van der Waals surface area contributed by atoms with Crippen LogP contribution in [0.1, 0.15) is 50.4 Å². The number of likely N-dealkylation sites (tertiary alicyclic amines) is 1. The maximum absolute atomic E-state index is 6.15. The molecule has 2 aromatic rings. The summed E-state index contributed by atoms with van der Waals surface area (Å²) < 4.78 is 0. The molecule has 3 rings (SSSR count). The van der Waals surface area contributed by atoms with Crippen LogP contribution in [0.2, 0.25) is 0 Å². The number of amidine groups is 1. The maximum Gasteiger partial charge on any atom is 0.158 e. The molecule has 4 N–H and O–H groups in total. The van der Waals surface area contributed by atoms with Gasteiger partial charge in [0, 0.05) is 48.9 Å². The van der Waals surface area contributed by atoms with E-state index in [4.69, 9.17) is 5.73 Å². The van der Waals surface area contributed by atoms with Crippen molar-refractivity contribution in [2.75, 3.05) is 29.5 Å². The molecule has 1 aromatic heterocycles. The van der Waals surface area contributed by atoms with Crippen molar-refractivity contribution in [3.63, 3.8) is 0 Å². The number of nitrogens with one attached hydrogen (secondary N) is 2. The van der Waals surface area contributed by atoms with Crippen molar-refractivity contribution in [3.8, 4) is 0 Å². The highest BCUT2D eigenvalue weighted by molar-refractivity contribution is 6.11. The number of nitrogens with two attached hydrogens (primary N) is 1. The molecule has 1 saturated heterocycles. The normalized spacial score (nSPS) is 15.8. The van der Waals surface area contributed by atoms with Gasteiger partial charge in [0.05, 0.1) is 5.69 Å². The lowest BCUT2D eigenvalue weighted by molar-refractivity contribution is 0.177. The fraction of sp³-hybridized carbons (Fsp3) is 0.440. The Kier molecular flexibility index (Phi) is 7.69. The molecule has 0 bridgehead atoms.